The third-order valence-corrected chi connectivity index (χ3v) is 10.4. The molecule has 46 heavy (non-hydrogen) atoms. The van der Waals surface area contributed by atoms with Crippen LogP contribution in [0, 0.1) is 13.8 Å². The van der Waals surface area contributed by atoms with E-state index in [4.69, 9.17) is 4.42 Å². The minimum Gasteiger partial charge on any atom is -0.455 e. The second kappa shape index (κ2) is 9.40. The molecule has 0 radical (unpaired) electrons. The van der Waals surface area contributed by atoms with Crippen LogP contribution in [0.1, 0.15) is 36.5 Å². The lowest BCUT2D eigenvalue weighted by atomic mass is 9.45. The first-order valence-electron chi connectivity index (χ1n) is 16.6. The Kier molecular flexibility index (Phi) is 5.32. The molecule has 10 rings (SSSR count). The van der Waals surface area contributed by atoms with E-state index in [2.05, 4.69) is 139 Å². The molecule has 0 saturated carbocycles. The van der Waals surface area contributed by atoms with Crippen molar-refractivity contribution in [2.45, 2.75) is 40.0 Å². The van der Waals surface area contributed by atoms with Crippen LogP contribution in [0.15, 0.2) is 114 Å². The number of para-hydroxylation sites is 3. The van der Waals surface area contributed by atoms with Crippen LogP contribution in [-0.4, -0.2) is 11.3 Å². The molecule has 220 valence electrons. The molecule has 0 atom stereocenters. The molecule has 4 heteroatoms. The number of hydrogen-bond acceptors (Lipinski definition) is 2. The zero-order valence-corrected chi connectivity index (χ0v) is 26.4. The van der Waals surface area contributed by atoms with Crippen LogP contribution in [0.25, 0.3) is 54.9 Å². The SMILES string of the molecule is CCCCc1cc(C)cc(N2c3ccc(C)cc3B3c4c2cc2c(oc5ccccc52)c4-c2cccc4c5ccccc5n3c24)c1. The Balaban J connectivity index is 1.41. The van der Waals surface area contributed by atoms with Gasteiger partial charge in [0.05, 0.1) is 0 Å². The predicted octanol–water partition coefficient (Wildman–Crippen LogP) is 10.1. The van der Waals surface area contributed by atoms with Gasteiger partial charge < -0.3 is 13.8 Å². The lowest BCUT2D eigenvalue weighted by molar-refractivity contribution is 0.670. The number of benzene rings is 6. The van der Waals surface area contributed by atoms with Crippen LogP contribution in [-0.2, 0) is 6.42 Å². The summed E-state index contributed by atoms with van der Waals surface area (Å²) < 4.78 is 9.47. The van der Waals surface area contributed by atoms with Gasteiger partial charge in [0, 0.05) is 60.8 Å². The van der Waals surface area contributed by atoms with Gasteiger partial charge in [-0.3, -0.25) is 0 Å². The molecule has 0 bridgehead atoms. The molecule has 0 fully saturated rings. The van der Waals surface area contributed by atoms with Crippen LogP contribution in [0.5, 0.6) is 0 Å². The summed E-state index contributed by atoms with van der Waals surface area (Å²) >= 11 is 0. The molecular weight excluding hydrogens is 559 g/mol. The lowest BCUT2D eigenvalue weighted by Gasteiger charge is -2.40. The Labute approximate surface area is 268 Å². The zero-order valence-electron chi connectivity index (χ0n) is 26.4. The number of aryl methyl sites for hydroxylation is 3. The van der Waals surface area contributed by atoms with E-state index >= 15 is 0 Å². The van der Waals surface area contributed by atoms with Gasteiger partial charge in [0.2, 0.25) is 0 Å². The molecule has 8 aromatic rings. The first kappa shape index (κ1) is 26.0. The molecule has 2 aliphatic heterocycles. The normalized spacial score (nSPS) is 13.3. The van der Waals surface area contributed by atoms with Gasteiger partial charge in [-0.2, -0.15) is 0 Å². The van der Waals surface area contributed by atoms with Gasteiger partial charge in [0.25, 0.3) is 0 Å². The topological polar surface area (TPSA) is 21.3 Å². The Bertz CT molecular complexity index is 2570. The highest BCUT2D eigenvalue weighted by molar-refractivity contribution is 6.90. The van der Waals surface area contributed by atoms with Gasteiger partial charge in [0.15, 0.2) is 0 Å². The summed E-state index contributed by atoms with van der Waals surface area (Å²) in [6.07, 6.45) is 3.47. The Morgan fingerprint density at radius 2 is 1.52 bits per heavy atom. The van der Waals surface area contributed by atoms with Crippen molar-refractivity contribution in [2.24, 2.45) is 0 Å². The predicted molar refractivity (Wildman–Crippen MR) is 195 cm³/mol. The highest BCUT2D eigenvalue weighted by Gasteiger charge is 2.44. The maximum Gasteiger partial charge on any atom is 0.333 e. The summed E-state index contributed by atoms with van der Waals surface area (Å²) in [5, 5.41) is 4.92. The quantitative estimate of drug-likeness (QED) is 0.190. The second-order valence-electron chi connectivity index (χ2n) is 13.3. The first-order valence-corrected chi connectivity index (χ1v) is 16.6. The molecule has 3 nitrogen and oxygen atoms in total. The van der Waals surface area contributed by atoms with Crippen molar-refractivity contribution in [3.63, 3.8) is 0 Å². The first-order chi connectivity index (χ1) is 22.6. The molecule has 0 unspecified atom stereocenters. The number of rotatable bonds is 4. The van der Waals surface area contributed by atoms with E-state index in [0.29, 0.717) is 0 Å². The number of furan rings is 1. The van der Waals surface area contributed by atoms with Gasteiger partial charge in [-0.15, -0.1) is 0 Å². The van der Waals surface area contributed by atoms with Crippen LogP contribution in [0.3, 0.4) is 0 Å². The number of fused-ring (bicyclic) bond motifs is 11. The van der Waals surface area contributed by atoms with E-state index in [1.807, 2.05) is 0 Å². The third kappa shape index (κ3) is 3.39. The molecular formula is C42H33BN2O. The van der Waals surface area contributed by atoms with E-state index in [-0.39, 0.29) is 6.85 Å². The second-order valence-corrected chi connectivity index (χ2v) is 13.3. The number of anilines is 3. The summed E-state index contributed by atoms with van der Waals surface area (Å²) in [6.45, 7) is 6.74. The van der Waals surface area contributed by atoms with Gasteiger partial charge in [-0.05, 0) is 85.1 Å². The Morgan fingerprint density at radius 3 is 2.41 bits per heavy atom. The molecule has 4 heterocycles. The maximum atomic E-state index is 6.85. The van der Waals surface area contributed by atoms with Gasteiger partial charge in [0.1, 0.15) is 11.2 Å². The summed E-state index contributed by atoms with van der Waals surface area (Å²) in [4.78, 5) is 2.55. The molecule has 0 amide bonds. The smallest absolute Gasteiger partial charge is 0.333 e. The van der Waals surface area contributed by atoms with Crippen LogP contribution < -0.4 is 15.8 Å². The average Bonchev–Trinajstić information content (AvgIpc) is 3.61. The van der Waals surface area contributed by atoms with Crippen molar-refractivity contribution in [3.8, 4) is 11.1 Å². The fourth-order valence-electron chi connectivity index (χ4n) is 8.53. The van der Waals surface area contributed by atoms with Crippen LogP contribution in [0.2, 0.25) is 0 Å². The highest BCUT2D eigenvalue weighted by atomic mass is 16.3. The highest BCUT2D eigenvalue weighted by Crippen LogP contribution is 2.49. The van der Waals surface area contributed by atoms with Crippen molar-refractivity contribution < 1.29 is 4.42 Å². The molecule has 0 aliphatic carbocycles. The van der Waals surface area contributed by atoms with E-state index in [9.17, 15) is 0 Å². The minimum atomic E-state index is 0.00966. The van der Waals surface area contributed by atoms with Crippen LogP contribution >= 0.6 is 0 Å². The minimum absolute atomic E-state index is 0.00966. The Hall–Kier alpha value is -5.22. The number of aromatic nitrogens is 1. The molecule has 0 spiro atoms. The summed E-state index contributed by atoms with van der Waals surface area (Å²) in [7, 11) is 0. The maximum absolute atomic E-state index is 6.85. The molecule has 2 aliphatic rings. The zero-order chi connectivity index (χ0) is 30.7. The van der Waals surface area contributed by atoms with Crippen molar-refractivity contribution in [1.82, 2.24) is 4.48 Å². The monoisotopic (exact) mass is 592 g/mol. The van der Waals surface area contributed by atoms with Crippen molar-refractivity contribution in [1.29, 1.82) is 0 Å². The van der Waals surface area contributed by atoms with E-state index in [1.54, 1.807) is 0 Å². The largest absolute Gasteiger partial charge is 0.455 e. The molecule has 6 aromatic carbocycles. The Morgan fingerprint density at radius 1 is 0.696 bits per heavy atom. The number of hydrogen-bond donors (Lipinski definition) is 0. The van der Waals surface area contributed by atoms with Gasteiger partial charge >= 0.3 is 6.85 Å². The lowest BCUT2D eigenvalue weighted by Crippen LogP contribution is -2.56. The van der Waals surface area contributed by atoms with Gasteiger partial charge in [-0.1, -0.05) is 91.7 Å². The van der Waals surface area contributed by atoms with Crippen molar-refractivity contribution in [2.75, 3.05) is 4.90 Å². The summed E-state index contributed by atoms with van der Waals surface area (Å²) in [5.41, 5.74) is 17.3. The standard InChI is InChI=1S/C42H33BN2O/c1-4-5-11-27-20-26(3)21-28(23-27)44-36-19-18-25(2)22-34(36)43-40-37(44)24-33-30-13-7-9-17-38(30)46-42(33)39(40)32-15-10-14-31-29-12-6-8-16-35(29)45(43)41(31)32/h6-10,12-24H,4-5,11H2,1-3H3. The van der Waals surface area contributed by atoms with Crippen LogP contribution in [0.4, 0.5) is 17.1 Å². The number of nitrogens with zero attached hydrogens (tertiary/aromatic N) is 2. The van der Waals surface area contributed by atoms with Crippen molar-refractivity contribution >= 4 is 78.6 Å². The fourth-order valence-corrected chi connectivity index (χ4v) is 8.53. The van der Waals surface area contributed by atoms with Gasteiger partial charge in [-0.25, -0.2) is 0 Å². The van der Waals surface area contributed by atoms with E-state index < -0.39 is 0 Å². The third-order valence-electron chi connectivity index (χ3n) is 10.4. The average molecular weight is 593 g/mol. The molecule has 0 N–H and O–H groups in total. The fraction of sp³-hybridized carbons (Fsp3) is 0.143. The van der Waals surface area contributed by atoms with E-state index in [0.717, 1.165) is 23.0 Å². The molecule has 2 aromatic heterocycles. The molecule has 0 saturated heterocycles. The summed E-state index contributed by atoms with van der Waals surface area (Å²) in [5.74, 6) is 0. The summed E-state index contributed by atoms with van der Waals surface area (Å²) in [6, 6.07) is 40.9. The van der Waals surface area contributed by atoms with E-state index in [1.165, 1.54) is 95.8 Å². The number of unbranched alkanes of at least 4 members (excludes halogenated alkanes) is 1. The van der Waals surface area contributed by atoms with Crippen molar-refractivity contribution in [3.05, 3.63) is 126 Å².